The fourth-order valence-electron chi connectivity index (χ4n) is 5.93. The topological polar surface area (TPSA) is 134 Å². The number of hydrogen-bond acceptors (Lipinski definition) is 6. The summed E-state index contributed by atoms with van der Waals surface area (Å²) < 4.78 is 67.5. The molecule has 0 aromatic carbocycles. The van der Waals surface area contributed by atoms with E-state index in [0.717, 1.165) is 11.3 Å². The molecule has 10 nitrogen and oxygen atoms in total. The number of hydrogen-bond donors (Lipinski definition) is 3. The Kier molecular flexibility index (Phi) is 7.96. The van der Waals surface area contributed by atoms with Crippen molar-refractivity contribution in [3.63, 3.8) is 0 Å². The molecule has 2 aliphatic carbocycles. The van der Waals surface area contributed by atoms with Crippen LogP contribution < -0.4 is 16.0 Å². The third kappa shape index (κ3) is 6.41. The van der Waals surface area contributed by atoms with Crippen molar-refractivity contribution in [2.24, 2.45) is 17.8 Å². The highest BCUT2D eigenvalue weighted by Gasteiger charge is 2.52. The van der Waals surface area contributed by atoms with Gasteiger partial charge in [-0.15, -0.1) is 13.2 Å². The first-order valence-corrected chi connectivity index (χ1v) is 12.5. The summed E-state index contributed by atoms with van der Waals surface area (Å²) in [6.07, 6.45) is -4.24. The first-order valence-electron chi connectivity index (χ1n) is 12.5. The first-order chi connectivity index (χ1) is 17.7. The van der Waals surface area contributed by atoms with E-state index in [9.17, 15) is 45.9 Å². The van der Waals surface area contributed by atoms with Gasteiger partial charge in [0, 0.05) is 37.9 Å². The van der Waals surface area contributed by atoms with E-state index in [-0.39, 0.29) is 24.8 Å². The lowest BCUT2D eigenvalue weighted by Gasteiger charge is -2.35. The van der Waals surface area contributed by atoms with Crippen molar-refractivity contribution in [1.29, 1.82) is 0 Å². The Morgan fingerprint density at radius 1 is 1.13 bits per heavy atom. The number of likely N-dealkylation sites (tertiary alicyclic amines) is 1. The smallest absolute Gasteiger partial charge is 0.356 e. The average molecular weight is 552 g/mol. The molecule has 2 saturated heterocycles. The van der Waals surface area contributed by atoms with Crippen molar-refractivity contribution in [3.05, 3.63) is 0 Å². The molecule has 15 heteroatoms. The molecule has 0 bridgehead atoms. The molecule has 2 heterocycles. The predicted octanol–water partition coefficient (Wildman–Crippen LogP) is 0.644. The number of alkyl halides is 5. The van der Waals surface area contributed by atoms with Gasteiger partial charge in [0.05, 0.1) is 6.04 Å². The monoisotopic (exact) mass is 552 g/mol. The SMILES string of the molecule is O=C(NC1CC(F)(F)C1)C(=O)N1C[C@@H]2CCC[C@@H]2[C@H]1C(=O)N[C@@H](C[C@@H]1CCNC1=O)C(=O)COC(F)(F)F. The van der Waals surface area contributed by atoms with E-state index in [1.54, 1.807) is 0 Å². The maximum atomic E-state index is 13.4. The van der Waals surface area contributed by atoms with Crippen LogP contribution in [0.5, 0.6) is 0 Å². The zero-order chi connectivity index (χ0) is 27.8. The Bertz CT molecular complexity index is 984. The van der Waals surface area contributed by atoms with Gasteiger partial charge in [-0.2, -0.15) is 0 Å². The fourth-order valence-corrected chi connectivity index (χ4v) is 5.93. The maximum absolute atomic E-state index is 13.4. The summed E-state index contributed by atoms with van der Waals surface area (Å²) >= 11 is 0. The molecule has 3 N–H and O–H groups in total. The number of amides is 4. The van der Waals surface area contributed by atoms with Crippen LogP contribution in [-0.4, -0.2) is 84.4 Å². The number of Topliss-reactive ketones (excluding diaryl/α,β-unsaturated/α-hetero) is 1. The molecule has 4 aliphatic rings. The second-order valence-corrected chi connectivity index (χ2v) is 10.5. The normalized spacial score (nSPS) is 29.3. The van der Waals surface area contributed by atoms with Gasteiger partial charge < -0.3 is 20.9 Å². The Balaban J connectivity index is 1.47. The Labute approximate surface area is 214 Å². The molecule has 2 aliphatic heterocycles. The van der Waals surface area contributed by atoms with Gasteiger partial charge in [-0.1, -0.05) is 6.42 Å². The molecule has 4 rings (SSSR count). The summed E-state index contributed by atoms with van der Waals surface area (Å²) in [6.45, 7) is -0.999. The number of carbonyl (C=O) groups excluding carboxylic acids is 5. The number of carbonyl (C=O) groups is 5. The Morgan fingerprint density at radius 3 is 2.45 bits per heavy atom. The molecular formula is C23H29F5N4O6. The minimum Gasteiger partial charge on any atom is -0.356 e. The van der Waals surface area contributed by atoms with Crippen LogP contribution in [-0.2, 0) is 28.7 Å². The van der Waals surface area contributed by atoms with Gasteiger partial charge in [-0.05, 0) is 37.5 Å². The zero-order valence-electron chi connectivity index (χ0n) is 20.3. The van der Waals surface area contributed by atoms with Crippen LogP contribution in [0, 0.1) is 17.8 Å². The molecule has 38 heavy (non-hydrogen) atoms. The summed E-state index contributed by atoms with van der Waals surface area (Å²) in [4.78, 5) is 64.6. The van der Waals surface area contributed by atoms with Crippen LogP contribution in [0.3, 0.4) is 0 Å². The van der Waals surface area contributed by atoms with Crippen LogP contribution in [0.2, 0.25) is 0 Å². The van der Waals surface area contributed by atoms with Crippen molar-refractivity contribution < 1.29 is 50.7 Å². The van der Waals surface area contributed by atoms with E-state index in [2.05, 4.69) is 20.7 Å². The third-order valence-electron chi connectivity index (χ3n) is 7.81. The van der Waals surface area contributed by atoms with E-state index < -0.39 is 85.2 Å². The minimum atomic E-state index is -5.08. The number of halogens is 5. The van der Waals surface area contributed by atoms with Gasteiger partial charge in [-0.3, -0.25) is 28.7 Å². The van der Waals surface area contributed by atoms with Gasteiger partial charge in [0.2, 0.25) is 11.8 Å². The summed E-state index contributed by atoms with van der Waals surface area (Å²) in [6, 6.07) is -3.55. The minimum absolute atomic E-state index is 0.0661. The molecule has 0 radical (unpaired) electrons. The summed E-state index contributed by atoms with van der Waals surface area (Å²) in [5.74, 6) is -8.64. The van der Waals surface area contributed by atoms with Crippen LogP contribution in [0.15, 0.2) is 0 Å². The maximum Gasteiger partial charge on any atom is 0.522 e. The summed E-state index contributed by atoms with van der Waals surface area (Å²) in [5, 5.41) is 7.22. The number of ketones is 1. The summed E-state index contributed by atoms with van der Waals surface area (Å²) in [7, 11) is 0. The molecule has 0 spiro atoms. The van der Waals surface area contributed by atoms with Crippen molar-refractivity contribution in [3.8, 4) is 0 Å². The van der Waals surface area contributed by atoms with Crippen molar-refractivity contribution in [1.82, 2.24) is 20.9 Å². The van der Waals surface area contributed by atoms with Gasteiger partial charge in [0.1, 0.15) is 12.6 Å². The zero-order valence-corrected chi connectivity index (χ0v) is 20.3. The fraction of sp³-hybridized carbons (Fsp3) is 0.783. The molecular weight excluding hydrogens is 523 g/mol. The molecule has 4 amide bonds. The number of nitrogens with zero attached hydrogens (tertiary/aromatic N) is 1. The second kappa shape index (κ2) is 10.7. The molecule has 0 unspecified atom stereocenters. The van der Waals surface area contributed by atoms with Gasteiger partial charge in [0.15, 0.2) is 5.78 Å². The number of ether oxygens (including phenoxy) is 1. The highest BCUT2D eigenvalue weighted by Crippen LogP contribution is 2.42. The average Bonchev–Trinajstić information content (AvgIpc) is 3.50. The Hall–Kier alpha value is -2.84. The van der Waals surface area contributed by atoms with Crippen molar-refractivity contribution in [2.45, 2.75) is 75.4 Å². The molecule has 0 aromatic rings. The second-order valence-electron chi connectivity index (χ2n) is 10.5. The van der Waals surface area contributed by atoms with Crippen LogP contribution in [0.1, 0.15) is 44.9 Å². The lowest BCUT2D eigenvalue weighted by Crippen LogP contribution is -2.58. The molecule has 2 saturated carbocycles. The van der Waals surface area contributed by atoms with E-state index >= 15 is 0 Å². The largest absolute Gasteiger partial charge is 0.522 e. The quantitative estimate of drug-likeness (QED) is 0.299. The van der Waals surface area contributed by atoms with E-state index in [0.29, 0.717) is 25.8 Å². The van der Waals surface area contributed by atoms with Crippen LogP contribution in [0.4, 0.5) is 22.0 Å². The lowest BCUT2D eigenvalue weighted by molar-refractivity contribution is -0.321. The van der Waals surface area contributed by atoms with Crippen LogP contribution in [0.25, 0.3) is 0 Å². The van der Waals surface area contributed by atoms with Crippen LogP contribution >= 0.6 is 0 Å². The highest BCUT2D eigenvalue weighted by atomic mass is 19.4. The van der Waals surface area contributed by atoms with Gasteiger partial charge in [-0.25, -0.2) is 8.78 Å². The van der Waals surface area contributed by atoms with Gasteiger partial charge >= 0.3 is 18.2 Å². The lowest BCUT2D eigenvalue weighted by atomic mass is 9.88. The van der Waals surface area contributed by atoms with E-state index in [1.165, 1.54) is 0 Å². The summed E-state index contributed by atoms with van der Waals surface area (Å²) in [5.41, 5.74) is 0. The standard InChI is InChI=1S/C23H29F5N4O6/c24-22(25)7-13(8-22)30-20(36)21(37)32-9-12-2-1-3-14(12)17(32)19(35)31-15(6-11-4-5-29-18(11)34)16(33)10-38-23(26,27)28/h11-15,17H,1-10H2,(H,29,34)(H,30,36)(H,31,35)/t11-,12-,14-,15-,17-/m0/s1. The predicted molar refractivity (Wildman–Crippen MR) is 117 cm³/mol. The highest BCUT2D eigenvalue weighted by molar-refractivity contribution is 6.35. The molecule has 212 valence electrons. The van der Waals surface area contributed by atoms with Crippen molar-refractivity contribution >= 4 is 29.4 Å². The van der Waals surface area contributed by atoms with Crippen molar-refractivity contribution in [2.75, 3.05) is 19.7 Å². The Morgan fingerprint density at radius 2 is 1.84 bits per heavy atom. The molecule has 5 atom stereocenters. The van der Waals surface area contributed by atoms with E-state index in [1.807, 2.05) is 0 Å². The number of fused-ring (bicyclic) bond motifs is 1. The first kappa shape index (κ1) is 28.2. The number of rotatable bonds is 8. The van der Waals surface area contributed by atoms with E-state index in [4.69, 9.17) is 0 Å². The molecule has 4 fully saturated rings. The van der Waals surface area contributed by atoms with Gasteiger partial charge in [0.25, 0.3) is 5.92 Å². The number of nitrogens with one attached hydrogen (secondary N) is 3. The molecule has 0 aromatic heterocycles. The third-order valence-corrected chi connectivity index (χ3v) is 7.81.